The summed E-state index contributed by atoms with van der Waals surface area (Å²) in [7, 11) is 0. The van der Waals surface area contributed by atoms with Gasteiger partial charge < -0.3 is 5.11 Å². The number of hydrogen-bond donors (Lipinski definition) is 1. The van der Waals surface area contributed by atoms with E-state index in [-0.39, 0.29) is 34.1 Å². The zero-order valence-electron chi connectivity index (χ0n) is 16.5. The maximum absolute atomic E-state index is 13.2. The summed E-state index contributed by atoms with van der Waals surface area (Å²) >= 11 is 0.996. The van der Waals surface area contributed by atoms with Crippen LogP contribution < -0.4 is 5.56 Å². The van der Waals surface area contributed by atoms with Gasteiger partial charge in [0.25, 0.3) is 5.56 Å². The van der Waals surface area contributed by atoms with E-state index < -0.39 is 5.97 Å². The fourth-order valence-electron chi connectivity index (χ4n) is 3.18. The van der Waals surface area contributed by atoms with Gasteiger partial charge >= 0.3 is 5.97 Å². The van der Waals surface area contributed by atoms with Gasteiger partial charge in [-0.2, -0.15) is 0 Å². The molecule has 6 nitrogen and oxygen atoms in total. The molecule has 7 heteroatoms. The van der Waals surface area contributed by atoms with Crippen molar-refractivity contribution in [3.63, 3.8) is 0 Å². The molecular weight excluding hydrogens is 376 g/mol. The molecule has 0 saturated carbocycles. The number of hydrogen-bond acceptors (Lipinski definition) is 5. The zero-order chi connectivity index (χ0) is 20.7. The first-order valence-electron chi connectivity index (χ1n) is 8.99. The summed E-state index contributed by atoms with van der Waals surface area (Å²) < 4.78 is 1.38. The second-order valence-corrected chi connectivity index (χ2v) is 8.28. The van der Waals surface area contributed by atoms with Crippen LogP contribution in [0.5, 0.6) is 0 Å². The minimum Gasteiger partial charge on any atom is -0.477 e. The molecule has 0 spiro atoms. The Labute approximate surface area is 166 Å². The summed E-state index contributed by atoms with van der Waals surface area (Å²) in [6.45, 7) is 9.17. The summed E-state index contributed by atoms with van der Waals surface area (Å²) in [5, 5.41) is 9.65. The summed E-state index contributed by atoms with van der Waals surface area (Å²) in [5.41, 5.74) is 2.67. The number of fused-ring (bicyclic) bond motifs is 1. The lowest BCUT2D eigenvalue weighted by molar-refractivity contribution is 0.0701. The lowest BCUT2D eigenvalue weighted by Gasteiger charge is -2.15. The molecular formula is C21H22N2O4S. The molecule has 1 N–H and O–H groups in total. The number of aryl methyl sites for hydroxylation is 3. The summed E-state index contributed by atoms with van der Waals surface area (Å²) in [6, 6.07) is 5.47. The Balaban J connectivity index is 2.17. The number of Topliss-reactive ketones (excluding diaryl/α,β-unsaturated/α-hetero) is 1. The van der Waals surface area contributed by atoms with E-state index in [2.05, 4.69) is 4.98 Å². The number of benzene rings is 1. The van der Waals surface area contributed by atoms with Crippen LogP contribution in [0.15, 0.2) is 23.0 Å². The smallest absolute Gasteiger partial charge is 0.346 e. The number of carbonyl (C=O) groups is 2. The van der Waals surface area contributed by atoms with Crippen molar-refractivity contribution in [2.24, 2.45) is 0 Å². The number of carboxylic acids is 1. The minimum atomic E-state index is -1.08. The number of ketones is 1. The van der Waals surface area contributed by atoms with Crippen molar-refractivity contribution >= 4 is 33.3 Å². The van der Waals surface area contributed by atoms with Crippen LogP contribution in [0.1, 0.15) is 62.3 Å². The van der Waals surface area contributed by atoms with Gasteiger partial charge in [-0.05, 0) is 43.5 Å². The standard InChI is InChI=1S/C21H22N2O4S/c1-10(2)18-22-19-16(13(5)17(28-19)21(26)27)20(25)23(18)9-15(24)14-7-6-11(3)12(4)8-14/h6-8,10H,9H2,1-5H3,(H,26,27). The van der Waals surface area contributed by atoms with Gasteiger partial charge in [0.2, 0.25) is 0 Å². The van der Waals surface area contributed by atoms with Crippen molar-refractivity contribution in [2.75, 3.05) is 0 Å². The van der Waals surface area contributed by atoms with Gasteiger partial charge in [-0.25, -0.2) is 9.78 Å². The highest BCUT2D eigenvalue weighted by molar-refractivity contribution is 7.20. The van der Waals surface area contributed by atoms with Crippen molar-refractivity contribution in [1.29, 1.82) is 0 Å². The van der Waals surface area contributed by atoms with Gasteiger partial charge in [0.1, 0.15) is 15.5 Å². The van der Waals surface area contributed by atoms with Crippen molar-refractivity contribution in [3.8, 4) is 0 Å². The summed E-state index contributed by atoms with van der Waals surface area (Å²) in [4.78, 5) is 42.5. The average molecular weight is 398 g/mol. The highest BCUT2D eigenvalue weighted by Crippen LogP contribution is 2.28. The molecule has 0 aliphatic rings. The second kappa shape index (κ2) is 7.31. The van der Waals surface area contributed by atoms with Crippen molar-refractivity contribution in [1.82, 2.24) is 9.55 Å². The molecule has 0 unspecified atom stereocenters. The van der Waals surface area contributed by atoms with Gasteiger partial charge in [0.15, 0.2) is 5.78 Å². The van der Waals surface area contributed by atoms with Crippen molar-refractivity contribution in [2.45, 2.75) is 47.1 Å². The number of carbonyl (C=O) groups excluding carboxylic acids is 1. The van der Waals surface area contributed by atoms with E-state index in [1.54, 1.807) is 13.0 Å². The summed E-state index contributed by atoms with van der Waals surface area (Å²) in [5.74, 6) is -0.878. The van der Waals surface area contributed by atoms with Crippen LogP contribution >= 0.6 is 11.3 Å². The Kier molecular flexibility index (Phi) is 5.21. The Bertz CT molecular complexity index is 1170. The van der Waals surface area contributed by atoms with Crippen LogP contribution in [-0.4, -0.2) is 26.4 Å². The number of nitrogens with zero attached hydrogens (tertiary/aromatic N) is 2. The zero-order valence-corrected chi connectivity index (χ0v) is 17.3. The highest BCUT2D eigenvalue weighted by Gasteiger charge is 2.23. The van der Waals surface area contributed by atoms with Gasteiger partial charge in [-0.15, -0.1) is 11.3 Å². The van der Waals surface area contributed by atoms with Crippen LogP contribution in [0.2, 0.25) is 0 Å². The van der Waals surface area contributed by atoms with Crippen LogP contribution in [-0.2, 0) is 6.54 Å². The van der Waals surface area contributed by atoms with Gasteiger partial charge in [-0.1, -0.05) is 26.0 Å². The molecule has 3 rings (SSSR count). The fourth-order valence-corrected chi connectivity index (χ4v) is 4.20. The van der Waals surface area contributed by atoms with Crippen LogP contribution in [0.3, 0.4) is 0 Å². The minimum absolute atomic E-state index is 0.0969. The molecule has 0 saturated heterocycles. The maximum atomic E-state index is 13.2. The Hall–Kier alpha value is -2.80. The van der Waals surface area contributed by atoms with Crippen LogP contribution in [0.4, 0.5) is 0 Å². The predicted molar refractivity (Wildman–Crippen MR) is 110 cm³/mol. The molecule has 2 heterocycles. The van der Waals surface area contributed by atoms with Gasteiger partial charge in [0, 0.05) is 11.5 Å². The molecule has 0 aliphatic carbocycles. The number of aromatic nitrogens is 2. The van der Waals surface area contributed by atoms with Crippen LogP contribution in [0.25, 0.3) is 10.2 Å². The predicted octanol–water partition coefficient (Wildman–Crippen LogP) is 4.09. The quantitative estimate of drug-likeness (QED) is 0.654. The number of carboxylic acid groups (broad SMARTS) is 1. The molecule has 28 heavy (non-hydrogen) atoms. The molecule has 146 valence electrons. The Morgan fingerprint density at radius 3 is 2.43 bits per heavy atom. The average Bonchev–Trinajstić information content (AvgIpc) is 2.96. The molecule has 2 aromatic heterocycles. The normalized spacial score (nSPS) is 11.4. The third kappa shape index (κ3) is 3.38. The largest absolute Gasteiger partial charge is 0.477 e. The Morgan fingerprint density at radius 1 is 1.18 bits per heavy atom. The van der Waals surface area contributed by atoms with E-state index >= 15 is 0 Å². The summed E-state index contributed by atoms with van der Waals surface area (Å²) in [6.07, 6.45) is 0. The molecule has 0 radical (unpaired) electrons. The molecule has 3 aromatic rings. The Morgan fingerprint density at radius 2 is 1.86 bits per heavy atom. The van der Waals surface area contributed by atoms with Crippen molar-refractivity contribution < 1.29 is 14.7 Å². The SMILES string of the molecule is Cc1ccc(C(=O)Cn2c(C(C)C)nc3sc(C(=O)O)c(C)c3c2=O)cc1C. The van der Waals surface area contributed by atoms with E-state index in [9.17, 15) is 19.5 Å². The molecule has 0 aliphatic heterocycles. The molecule has 0 bridgehead atoms. The number of rotatable bonds is 5. The molecule has 1 aromatic carbocycles. The number of aromatic carboxylic acids is 1. The first-order chi connectivity index (χ1) is 13.1. The second-order valence-electron chi connectivity index (χ2n) is 7.28. The highest BCUT2D eigenvalue weighted by atomic mass is 32.1. The van der Waals surface area contributed by atoms with E-state index in [1.165, 1.54) is 4.57 Å². The van der Waals surface area contributed by atoms with E-state index in [0.717, 1.165) is 22.5 Å². The first kappa shape index (κ1) is 19.9. The number of thiophene rings is 1. The fraction of sp³-hybridized carbons (Fsp3) is 0.333. The van der Waals surface area contributed by atoms with Gasteiger partial charge in [0.05, 0.1) is 11.9 Å². The third-order valence-electron chi connectivity index (χ3n) is 4.92. The molecule has 0 amide bonds. The molecule has 0 fully saturated rings. The first-order valence-corrected chi connectivity index (χ1v) is 9.81. The van der Waals surface area contributed by atoms with E-state index in [0.29, 0.717) is 21.8 Å². The maximum Gasteiger partial charge on any atom is 0.346 e. The molecule has 0 atom stereocenters. The lowest BCUT2D eigenvalue weighted by atomic mass is 10.0. The van der Waals surface area contributed by atoms with Crippen molar-refractivity contribution in [3.05, 3.63) is 61.5 Å². The van der Waals surface area contributed by atoms with Gasteiger partial charge in [-0.3, -0.25) is 14.2 Å². The van der Waals surface area contributed by atoms with E-state index in [1.807, 2.05) is 39.8 Å². The van der Waals surface area contributed by atoms with E-state index in [4.69, 9.17) is 0 Å². The van der Waals surface area contributed by atoms with Crippen LogP contribution in [0, 0.1) is 20.8 Å². The topological polar surface area (TPSA) is 89.3 Å². The lowest BCUT2D eigenvalue weighted by Crippen LogP contribution is -2.29. The third-order valence-corrected chi connectivity index (χ3v) is 6.09. The monoisotopic (exact) mass is 398 g/mol.